The van der Waals surface area contributed by atoms with Crippen LogP contribution in [0.25, 0.3) is 20.4 Å². The number of hydrogen-bond acceptors (Lipinski definition) is 6. The maximum absolute atomic E-state index is 4.81. The molecule has 2 heterocycles. The summed E-state index contributed by atoms with van der Waals surface area (Å²) in [6, 6.07) is 8.70. The van der Waals surface area contributed by atoms with Crippen molar-refractivity contribution in [1.29, 1.82) is 0 Å². The van der Waals surface area contributed by atoms with Crippen LogP contribution in [0.5, 0.6) is 0 Å². The first kappa shape index (κ1) is 16.4. The summed E-state index contributed by atoms with van der Waals surface area (Å²) in [6.07, 6.45) is 0. The molecule has 0 radical (unpaired) electrons. The zero-order chi connectivity index (χ0) is 16.8. The first-order valence-electron chi connectivity index (χ1n) is 7.61. The first-order valence-corrected chi connectivity index (χ1v) is 11.4. The Hall–Kier alpha value is -1.08. The van der Waals surface area contributed by atoms with Crippen LogP contribution in [-0.2, 0) is 0 Å². The van der Waals surface area contributed by atoms with E-state index in [1.54, 1.807) is 44.3 Å². The predicted molar refractivity (Wildman–Crippen MR) is 110 cm³/mol. The fraction of sp³-hybridized carbons (Fsp3) is 0.222. The molecule has 0 unspecified atom stereocenters. The minimum atomic E-state index is 1.09. The Morgan fingerprint density at radius 2 is 1.08 bits per heavy atom. The van der Waals surface area contributed by atoms with Crippen molar-refractivity contribution < 1.29 is 0 Å². The molecule has 0 spiro atoms. The van der Waals surface area contributed by atoms with Crippen molar-refractivity contribution in [2.45, 2.75) is 36.4 Å². The summed E-state index contributed by atoms with van der Waals surface area (Å²) in [6.45, 7) is 8.58. The van der Waals surface area contributed by atoms with Gasteiger partial charge in [0.05, 0.1) is 20.4 Å². The van der Waals surface area contributed by atoms with Gasteiger partial charge in [-0.15, -0.1) is 22.7 Å². The number of nitrogens with zero attached hydrogens (tertiary/aromatic N) is 2. The summed E-state index contributed by atoms with van der Waals surface area (Å²) in [7, 11) is 3.42. The maximum Gasteiger partial charge on any atom is 0.162 e. The second kappa shape index (κ2) is 6.33. The quantitative estimate of drug-likeness (QED) is 0.355. The third kappa shape index (κ3) is 2.86. The van der Waals surface area contributed by atoms with Gasteiger partial charge in [0.25, 0.3) is 0 Å². The van der Waals surface area contributed by atoms with Gasteiger partial charge in [0.1, 0.15) is 0 Å². The van der Waals surface area contributed by atoms with Gasteiger partial charge in [0.15, 0.2) is 8.68 Å². The fourth-order valence-electron chi connectivity index (χ4n) is 2.55. The van der Waals surface area contributed by atoms with Crippen molar-refractivity contribution >= 4 is 64.7 Å². The fourth-order valence-corrected chi connectivity index (χ4v) is 7.15. The Kier molecular flexibility index (Phi) is 4.33. The molecule has 0 aliphatic heterocycles. The second-order valence-electron chi connectivity index (χ2n) is 5.83. The number of rotatable bonds is 3. The van der Waals surface area contributed by atoms with E-state index in [1.807, 2.05) is 0 Å². The van der Waals surface area contributed by atoms with E-state index in [0.29, 0.717) is 0 Å². The minimum absolute atomic E-state index is 1.09. The summed E-state index contributed by atoms with van der Waals surface area (Å²) >= 11 is 3.52. The SMILES string of the molecule is Cc1ccc2sc(SSc3nc4c(C)c(C)ccc4s3)nc2c1C. The van der Waals surface area contributed by atoms with Crippen molar-refractivity contribution in [3.05, 3.63) is 46.5 Å². The maximum atomic E-state index is 4.81. The first-order chi connectivity index (χ1) is 11.5. The van der Waals surface area contributed by atoms with Gasteiger partial charge >= 0.3 is 0 Å². The summed E-state index contributed by atoms with van der Waals surface area (Å²) < 4.78 is 4.71. The molecule has 24 heavy (non-hydrogen) atoms. The predicted octanol–water partition coefficient (Wildman–Crippen LogP) is 6.94. The lowest BCUT2D eigenvalue weighted by molar-refractivity contribution is 1.26. The van der Waals surface area contributed by atoms with E-state index in [2.05, 4.69) is 52.0 Å². The summed E-state index contributed by atoms with van der Waals surface area (Å²) in [5.74, 6) is 0. The molecule has 122 valence electrons. The van der Waals surface area contributed by atoms with Gasteiger partial charge in [-0.2, -0.15) is 0 Å². The van der Waals surface area contributed by atoms with Crippen LogP contribution in [0, 0.1) is 27.7 Å². The number of thiazole rings is 2. The van der Waals surface area contributed by atoms with Gasteiger partial charge in [0.2, 0.25) is 0 Å². The number of fused-ring (bicyclic) bond motifs is 2. The zero-order valence-corrected chi connectivity index (χ0v) is 17.1. The van der Waals surface area contributed by atoms with E-state index >= 15 is 0 Å². The Morgan fingerprint density at radius 1 is 0.667 bits per heavy atom. The van der Waals surface area contributed by atoms with E-state index in [9.17, 15) is 0 Å². The third-order valence-corrected chi connectivity index (χ3v) is 9.33. The van der Waals surface area contributed by atoms with Crippen LogP contribution in [0.4, 0.5) is 0 Å². The molecule has 0 bridgehead atoms. The van der Waals surface area contributed by atoms with E-state index in [0.717, 1.165) is 19.7 Å². The lowest BCUT2D eigenvalue weighted by Gasteiger charge is -1.98. The lowest BCUT2D eigenvalue weighted by atomic mass is 10.1. The molecular formula is C18H16N2S4. The molecule has 6 heteroatoms. The Morgan fingerprint density at radius 3 is 1.50 bits per heavy atom. The molecule has 0 N–H and O–H groups in total. The zero-order valence-electron chi connectivity index (χ0n) is 13.8. The van der Waals surface area contributed by atoms with E-state index < -0.39 is 0 Å². The molecule has 0 aliphatic carbocycles. The van der Waals surface area contributed by atoms with Crippen molar-refractivity contribution in [1.82, 2.24) is 9.97 Å². The van der Waals surface area contributed by atoms with Crippen LogP contribution >= 0.6 is 44.3 Å². The van der Waals surface area contributed by atoms with Crippen LogP contribution in [0.2, 0.25) is 0 Å². The van der Waals surface area contributed by atoms with Crippen LogP contribution in [0.1, 0.15) is 22.3 Å². The average Bonchev–Trinajstić information content (AvgIpc) is 3.17. The molecule has 0 fully saturated rings. The third-order valence-electron chi connectivity index (χ3n) is 4.31. The van der Waals surface area contributed by atoms with Gasteiger partial charge < -0.3 is 0 Å². The highest BCUT2D eigenvalue weighted by molar-refractivity contribution is 8.77. The van der Waals surface area contributed by atoms with E-state index in [-0.39, 0.29) is 0 Å². The lowest BCUT2D eigenvalue weighted by Crippen LogP contribution is -1.81. The topological polar surface area (TPSA) is 25.8 Å². The molecule has 2 aromatic heterocycles. The molecule has 2 nitrogen and oxygen atoms in total. The summed E-state index contributed by atoms with van der Waals surface area (Å²) in [5.41, 5.74) is 7.44. The van der Waals surface area contributed by atoms with Crippen LogP contribution in [0.3, 0.4) is 0 Å². The monoisotopic (exact) mass is 388 g/mol. The summed E-state index contributed by atoms with van der Waals surface area (Å²) in [4.78, 5) is 9.62. The number of benzene rings is 2. The molecule has 0 saturated heterocycles. The van der Waals surface area contributed by atoms with Gasteiger partial charge in [-0.1, -0.05) is 12.1 Å². The highest BCUT2D eigenvalue weighted by Gasteiger charge is 2.12. The molecule has 0 aliphatic rings. The number of aryl methyl sites for hydroxylation is 4. The van der Waals surface area contributed by atoms with Crippen LogP contribution in [-0.4, -0.2) is 9.97 Å². The van der Waals surface area contributed by atoms with E-state index in [1.165, 1.54) is 31.7 Å². The van der Waals surface area contributed by atoms with E-state index in [4.69, 9.17) is 9.97 Å². The van der Waals surface area contributed by atoms with Gasteiger partial charge in [-0.3, -0.25) is 0 Å². The van der Waals surface area contributed by atoms with Gasteiger partial charge in [-0.05, 0) is 83.7 Å². The molecule has 4 aromatic rings. The molecular weight excluding hydrogens is 372 g/mol. The van der Waals surface area contributed by atoms with Gasteiger partial charge in [0, 0.05) is 0 Å². The second-order valence-corrected chi connectivity index (χ2v) is 10.5. The standard InChI is InChI=1S/C18H16N2S4/c1-9-5-7-13-15(11(9)3)19-17(21-13)23-24-18-20-16-12(4)10(2)6-8-14(16)22-18/h5-8H,1-4H3. The van der Waals surface area contributed by atoms with Crippen LogP contribution < -0.4 is 0 Å². The smallest absolute Gasteiger partial charge is 0.162 e. The Bertz CT molecular complexity index is 976. The van der Waals surface area contributed by atoms with Crippen molar-refractivity contribution in [3.63, 3.8) is 0 Å². The van der Waals surface area contributed by atoms with Crippen molar-refractivity contribution in [2.75, 3.05) is 0 Å². The molecule has 0 amide bonds. The Labute approximate surface area is 157 Å². The number of aromatic nitrogens is 2. The molecule has 0 atom stereocenters. The summed E-state index contributed by atoms with van der Waals surface area (Å²) in [5, 5.41) is 0. The average molecular weight is 389 g/mol. The Balaban J connectivity index is 1.61. The van der Waals surface area contributed by atoms with Gasteiger partial charge in [-0.25, -0.2) is 9.97 Å². The normalized spacial score (nSPS) is 11.7. The highest BCUT2D eigenvalue weighted by atomic mass is 33.1. The molecule has 2 aromatic carbocycles. The largest absolute Gasteiger partial charge is 0.228 e. The van der Waals surface area contributed by atoms with Crippen LogP contribution in [0.15, 0.2) is 32.9 Å². The minimum Gasteiger partial charge on any atom is -0.228 e. The molecule has 0 saturated carbocycles. The van der Waals surface area contributed by atoms with Crippen molar-refractivity contribution in [2.24, 2.45) is 0 Å². The number of hydrogen-bond donors (Lipinski definition) is 0. The highest BCUT2D eigenvalue weighted by Crippen LogP contribution is 2.44. The molecule has 4 rings (SSSR count). The van der Waals surface area contributed by atoms with Crippen molar-refractivity contribution in [3.8, 4) is 0 Å².